The van der Waals surface area contributed by atoms with Gasteiger partial charge in [0.15, 0.2) is 0 Å². The van der Waals surface area contributed by atoms with Gasteiger partial charge < -0.3 is 19.9 Å². The number of amides is 1. The number of morpholine rings is 1. The van der Waals surface area contributed by atoms with E-state index in [1.807, 2.05) is 17.1 Å². The van der Waals surface area contributed by atoms with Crippen molar-refractivity contribution in [2.24, 2.45) is 0 Å². The molecule has 1 aliphatic rings. The van der Waals surface area contributed by atoms with Crippen LogP contribution in [0.1, 0.15) is 19.3 Å². The van der Waals surface area contributed by atoms with Crippen LogP contribution in [-0.4, -0.2) is 47.8 Å². The molecular weight excluding hydrogens is 244 g/mol. The maximum atomic E-state index is 11.7. The molecule has 2 heterocycles. The third-order valence-electron chi connectivity index (χ3n) is 3.15. The van der Waals surface area contributed by atoms with Crippen molar-refractivity contribution in [2.75, 3.05) is 26.3 Å². The highest BCUT2D eigenvalue weighted by Gasteiger charge is 2.16. The molecule has 1 unspecified atom stereocenters. The number of imidazole rings is 1. The Bertz CT molecular complexity index is 361. The lowest BCUT2D eigenvalue weighted by atomic mass is 10.2. The first-order valence-electron chi connectivity index (χ1n) is 6.88. The molecule has 1 aliphatic heterocycles. The summed E-state index contributed by atoms with van der Waals surface area (Å²) in [5.41, 5.74) is 0. The first-order valence-corrected chi connectivity index (χ1v) is 6.88. The zero-order chi connectivity index (χ0) is 13.3. The predicted molar refractivity (Wildman–Crippen MR) is 71.7 cm³/mol. The third kappa shape index (κ3) is 5.40. The summed E-state index contributed by atoms with van der Waals surface area (Å²) in [4.78, 5) is 15.7. The lowest BCUT2D eigenvalue weighted by Gasteiger charge is -2.23. The van der Waals surface area contributed by atoms with Gasteiger partial charge in [0.1, 0.15) is 0 Å². The molecule has 6 heteroatoms. The molecule has 0 spiro atoms. The zero-order valence-electron chi connectivity index (χ0n) is 11.2. The molecule has 1 fully saturated rings. The highest BCUT2D eigenvalue weighted by molar-refractivity contribution is 5.76. The van der Waals surface area contributed by atoms with Crippen LogP contribution in [0, 0.1) is 0 Å². The molecule has 6 nitrogen and oxygen atoms in total. The SMILES string of the molecule is O=C(CC1COCCN1)NCCCCn1ccnc1. The predicted octanol–water partition coefficient (Wildman–Crippen LogP) is 0.158. The van der Waals surface area contributed by atoms with E-state index in [4.69, 9.17) is 4.74 Å². The van der Waals surface area contributed by atoms with Gasteiger partial charge in [0.05, 0.1) is 19.5 Å². The Balaban J connectivity index is 1.49. The van der Waals surface area contributed by atoms with Gasteiger partial charge in [0.25, 0.3) is 0 Å². The molecule has 0 bridgehead atoms. The van der Waals surface area contributed by atoms with Gasteiger partial charge >= 0.3 is 0 Å². The van der Waals surface area contributed by atoms with E-state index in [1.54, 1.807) is 6.20 Å². The van der Waals surface area contributed by atoms with Crippen LogP contribution in [0.4, 0.5) is 0 Å². The van der Waals surface area contributed by atoms with Crippen LogP contribution in [0.15, 0.2) is 18.7 Å². The van der Waals surface area contributed by atoms with E-state index in [0.717, 1.165) is 39.1 Å². The molecule has 0 saturated carbocycles. The van der Waals surface area contributed by atoms with Crippen molar-refractivity contribution < 1.29 is 9.53 Å². The quantitative estimate of drug-likeness (QED) is 0.690. The fourth-order valence-electron chi connectivity index (χ4n) is 2.11. The Morgan fingerprint density at radius 2 is 2.47 bits per heavy atom. The second kappa shape index (κ2) is 7.91. The van der Waals surface area contributed by atoms with E-state index in [0.29, 0.717) is 13.0 Å². The molecule has 2 rings (SSSR count). The minimum absolute atomic E-state index is 0.102. The highest BCUT2D eigenvalue weighted by Crippen LogP contribution is 1.99. The van der Waals surface area contributed by atoms with E-state index in [1.165, 1.54) is 0 Å². The fourth-order valence-corrected chi connectivity index (χ4v) is 2.11. The molecule has 1 aromatic rings. The number of carbonyl (C=O) groups excluding carboxylic acids is 1. The summed E-state index contributed by atoms with van der Waals surface area (Å²) < 4.78 is 7.36. The molecule has 2 N–H and O–H groups in total. The average Bonchev–Trinajstić information content (AvgIpc) is 2.92. The molecule has 1 saturated heterocycles. The van der Waals surface area contributed by atoms with Crippen molar-refractivity contribution in [1.82, 2.24) is 20.2 Å². The molecule has 19 heavy (non-hydrogen) atoms. The largest absolute Gasteiger partial charge is 0.378 e. The van der Waals surface area contributed by atoms with Crippen LogP contribution in [-0.2, 0) is 16.1 Å². The van der Waals surface area contributed by atoms with E-state index in [9.17, 15) is 4.79 Å². The van der Waals surface area contributed by atoms with Gasteiger partial charge in [-0.05, 0) is 12.8 Å². The number of hydrogen-bond acceptors (Lipinski definition) is 4. The van der Waals surface area contributed by atoms with E-state index < -0.39 is 0 Å². The van der Waals surface area contributed by atoms with Gasteiger partial charge in [-0.15, -0.1) is 0 Å². The van der Waals surface area contributed by atoms with Crippen molar-refractivity contribution in [3.63, 3.8) is 0 Å². The summed E-state index contributed by atoms with van der Waals surface area (Å²) in [6, 6.07) is 0.166. The number of ether oxygens (including phenoxy) is 1. The van der Waals surface area contributed by atoms with Crippen molar-refractivity contribution in [3.05, 3.63) is 18.7 Å². The number of unbranched alkanes of at least 4 members (excludes halogenated alkanes) is 1. The molecular formula is C13H22N4O2. The number of rotatable bonds is 7. The number of nitrogens with one attached hydrogen (secondary N) is 2. The first-order chi connectivity index (χ1) is 9.34. The molecule has 0 aromatic carbocycles. The normalized spacial score (nSPS) is 19.3. The average molecular weight is 266 g/mol. The van der Waals surface area contributed by atoms with E-state index in [-0.39, 0.29) is 11.9 Å². The fraction of sp³-hybridized carbons (Fsp3) is 0.692. The van der Waals surface area contributed by atoms with Crippen molar-refractivity contribution in [2.45, 2.75) is 31.8 Å². The smallest absolute Gasteiger partial charge is 0.221 e. The number of nitrogens with zero attached hydrogens (tertiary/aromatic N) is 2. The van der Waals surface area contributed by atoms with Gasteiger partial charge in [-0.2, -0.15) is 0 Å². The van der Waals surface area contributed by atoms with Gasteiger partial charge in [-0.3, -0.25) is 4.79 Å². The summed E-state index contributed by atoms with van der Waals surface area (Å²) in [6.07, 6.45) is 8.07. The monoisotopic (exact) mass is 266 g/mol. The molecule has 0 aliphatic carbocycles. The van der Waals surface area contributed by atoms with Crippen LogP contribution in [0.5, 0.6) is 0 Å². The number of carbonyl (C=O) groups is 1. The van der Waals surface area contributed by atoms with Gasteiger partial charge in [-0.25, -0.2) is 4.98 Å². The molecule has 1 aromatic heterocycles. The molecule has 1 atom stereocenters. The third-order valence-corrected chi connectivity index (χ3v) is 3.15. The summed E-state index contributed by atoms with van der Waals surface area (Å²) in [5, 5.41) is 6.22. The Morgan fingerprint density at radius 3 is 3.21 bits per heavy atom. The summed E-state index contributed by atoms with van der Waals surface area (Å²) in [5.74, 6) is 0.102. The van der Waals surface area contributed by atoms with Crippen molar-refractivity contribution in [1.29, 1.82) is 0 Å². The highest BCUT2D eigenvalue weighted by atomic mass is 16.5. The van der Waals surface area contributed by atoms with Crippen LogP contribution in [0.2, 0.25) is 0 Å². The van der Waals surface area contributed by atoms with Gasteiger partial charge in [0.2, 0.25) is 5.91 Å². The van der Waals surface area contributed by atoms with Crippen LogP contribution in [0.3, 0.4) is 0 Å². The Hall–Kier alpha value is -1.40. The summed E-state index contributed by atoms with van der Waals surface area (Å²) in [7, 11) is 0. The van der Waals surface area contributed by atoms with Gasteiger partial charge in [-0.1, -0.05) is 0 Å². The summed E-state index contributed by atoms with van der Waals surface area (Å²) in [6.45, 7) is 3.90. The maximum absolute atomic E-state index is 11.7. The second-order valence-corrected chi connectivity index (χ2v) is 4.79. The lowest BCUT2D eigenvalue weighted by Crippen LogP contribution is -2.44. The number of aromatic nitrogens is 2. The lowest BCUT2D eigenvalue weighted by molar-refractivity contribution is -0.122. The Kier molecular flexibility index (Phi) is 5.84. The maximum Gasteiger partial charge on any atom is 0.221 e. The van der Waals surface area contributed by atoms with E-state index in [2.05, 4.69) is 15.6 Å². The Morgan fingerprint density at radius 1 is 1.53 bits per heavy atom. The first kappa shape index (κ1) is 14.0. The van der Waals surface area contributed by atoms with Gasteiger partial charge in [0, 0.05) is 44.5 Å². The van der Waals surface area contributed by atoms with Crippen molar-refractivity contribution in [3.8, 4) is 0 Å². The molecule has 0 radical (unpaired) electrons. The van der Waals surface area contributed by atoms with Crippen LogP contribution in [0.25, 0.3) is 0 Å². The Labute approximate surface area is 113 Å². The minimum atomic E-state index is 0.102. The zero-order valence-corrected chi connectivity index (χ0v) is 11.2. The van der Waals surface area contributed by atoms with Crippen molar-refractivity contribution >= 4 is 5.91 Å². The molecule has 1 amide bonds. The minimum Gasteiger partial charge on any atom is -0.378 e. The van der Waals surface area contributed by atoms with Crippen LogP contribution < -0.4 is 10.6 Å². The second-order valence-electron chi connectivity index (χ2n) is 4.79. The van der Waals surface area contributed by atoms with E-state index >= 15 is 0 Å². The molecule has 106 valence electrons. The number of hydrogen-bond donors (Lipinski definition) is 2. The topological polar surface area (TPSA) is 68.2 Å². The summed E-state index contributed by atoms with van der Waals surface area (Å²) >= 11 is 0. The van der Waals surface area contributed by atoms with Crippen LogP contribution >= 0.6 is 0 Å². The standard InChI is InChI=1S/C13H22N4O2/c18-13(9-12-10-19-8-5-15-12)16-3-1-2-6-17-7-4-14-11-17/h4,7,11-12,15H,1-3,5-6,8-10H2,(H,16,18). The number of aryl methyl sites for hydroxylation is 1.